The summed E-state index contributed by atoms with van der Waals surface area (Å²) in [5.74, 6) is 1.68. The first-order valence-corrected chi connectivity index (χ1v) is 8.84. The second-order valence-corrected chi connectivity index (χ2v) is 7.16. The van der Waals surface area contributed by atoms with Crippen LogP contribution in [0.4, 0.5) is 0 Å². The summed E-state index contributed by atoms with van der Waals surface area (Å²) < 4.78 is 3.11. The van der Waals surface area contributed by atoms with E-state index in [0.29, 0.717) is 12.5 Å². The Labute approximate surface area is 143 Å². The van der Waals surface area contributed by atoms with Gasteiger partial charge in [0.25, 0.3) is 5.91 Å². The summed E-state index contributed by atoms with van der Waals surface area (Å²) in [5, 5.41) is 7.34. The average molecular weight is 375 g/mol. The molecule has 0 bridgehead atoms. The molecule has 120 valence electrons. The Morgan fingerprint density at radius 2 is 2.30 bits per heavy atom. The molecule has 1 aliphatic heterocycles. The minimum Gasteiger partial charge on any atom is -0.370 e. The van der Waals surface area contributed by atoms with E-state index in [9.17, 15) is 4.79 Å². The van der Waals surface area contributed by atoms with Crippen molar-refractivity contribution in [1.82, 2.24) is 15.2 Å². The fraction of sp³-hybridized carbons (Fsp3) is 0.412. The Kier molecular flexibility index (Phi) is 3.85. The molecular weight excluding hydrogens is 356 g/mol. The van der Waals surface area contributed by atoms with E-state index in [0.717, 1.165) is 46.4 Å². The highest BCUT2D eigenvalue weighted by Crippen LogP contribution is 2.28. The Hall–Kier alpha value is -1.82. The normalized spacial score (nSPS) is 17.2. The molecule has 1 fully saturated rings. The molecule has 5 nitrogen and oxygen atoms in total. The van der Waals surface area contributed by atoms with E-state index in [4.69, 9.17) is 0 Å². The highest BCUT2D eigenvalue weighted by Gasteiger charge is 2.23. The molecule has 1 aromatic carbocycles. The van der Waals surface area contributed by atoms with Crippen molar-refractivity contribution in [2.75, 3.05) is 19.6 Å². The maximum Gasteiger partial charge on any atom is 0.253 e. The van der Waals surface area contributed by atoms with Crippen molar-refractivity contribution in [3.8, 4) is 0 Å². The first-order chi connectivity index (χ1) is 11.2. The van der Waals surface area contributed by atoms with Crippen LogP contribution < -0.4 is 10.6 Å². The van der Waals surface area contributed by atoms with Crippen LogP contribution in [0.1, 0.15) is 23.2 Å². The number of halogens is 1. The molecule has 1 aliphatic carbocycles. The van der Waals surface area contributed by atoms with Gasteiger partial charge < -0.3 is 15.2 Å². The second-order valence-electron chi connectivity index (χ2n) is 6.24. The van der Waals surface area contributed by atoms with E-state index in [1.54, 1.807) is 0 Å². The molecule has 4 rings (SSSR count). The predicted octanol–water partition coefficient (Wildman–Crippen LogP) is 2.55. The summed E-state index contributed by atoms with van der Waals surface area (Å²) in [4.78, 5) is 17.0. The monoisotopic (exact) mass is 374 g/mol. The van der Waals surface area contributed by atoms with Crippen molar-refractivity contribution in [2.45, 2.75) is 19.4 Å². The topological polar surface area (TPSA) is 58.4 Å². The van der Waals surface area contributed by atoms with E-state index in [-0.39, 0.29) is 5.91 Å². The minimum absolute atomic E-state index is 0.0179. The van der Waals surface area contributed by atoms with Crippen molar-refractivity contribution in [3.63, 3.8) is 0 Å². The van der Waals surface area contributed by atoms with Crippen LogP contribution in [0.5, 0.6) is 0 Å². The van der Waals surface area contributed by atoms with Gasteiger partial charge in [-0.2, -0.15) is 0 Å². The lowest BCUT2D eigenvalue weighted by Gasteiger charge is -2.06. The number of nitrogens with zero attached hydrogens (tertiary/aromatic N) is 2. The van der Waals surface area contributed by atoms with Gasteiger partial charge in [-0.25, -0.2) is 0 Å². The maximum absolute atomic E-state index is 12.5. The van der Waals surface area contributed by atoms with Gasteiger partial charge in [-0.05, 0) is 30.9 Å². The molecule has 2 heterocycles. The molecule has 0 atom stereocenters. The zero-order valence-corrected chi connectivity index (χ0v) is 14.4. The molecule has 0 radical (unpaired) electrons. The lowest BCUT2D eigenvalue weighted by molar-refractivity contribution is 0.0953. The number of benzene rings is 1. The molecule has 6 heteroatoms. The standard InChI is InChI=1S/C17H19BrN4O/c18-12-3-4-13-14(17(23)21-8-11-1-2-11)9-22(15(13)7-12)10-16-19-5-6-20-16/h3-4,7,9,11H,1-2,5-6,8,10H2,(H,19,20)(H,21,23). The molecule has 1 aromatic heterocycles. The fourth-order valence-electron chi connectivity index (χ4n) is 2.95. The van der Waals surface area contributed by atoms with Crippen molar-refractivity contribution in [1.29, 1.82) is 0 Å². The van der Waals surface area contributed by atoms with Crippen LogP contribution >= 0.6 is 15.9 Å². The summed E-state index contributed by atoms with van der Waals surface area (Å²) in [6.45, 7) is 3.18. The van der Waals surface area contributed by atoms with Crippen LogP contribution in [0.2, 0.25) is 0 Å². The number of carbonyl (C=O) groups is 1. The van der Waals surface area contributed by atoms with Gasteiger partial charge in [-0.1, -0.05) is 22.0 Å². The Balaban J connectivity index is 1.67. The zero-order valence-electron chi connectivity index (χ0n) is 12.8. The fourth-order valence-corrected chi connectivity index (χ4v) is 3.29. The summed E-state index contributed by atoms with van der Waals surface area (Å²) in [6, 6.07) is 6.05. The maximum atomic E-state index is 12.5. The highest BCUT2D eigenvalue weighted by molar-refractivity contribution is 9.10. The number of hydrogen-bond donors (Lipinski definition) is 2. The van der Waals surface area contributed by atoms with Gasteiger partial charge in [0, 0.05) is 29.1 Å². The van der Waals surface area contributed by atoms with E-state index in [1.165, 1.54) is 12.8 Å². The quantitative estimate of drug-likeness (QED) is 0.844. The molecular formula is C17H19BrN4O. The smallest absolute Gasteiger partial charge is 0.253 e. The van der Waals surface area contributed by atoms with E-state index >= 15 is 0 Å². The molecule has 0 spiro atoms. The third kappa shape index (κ3) is 3.13. The SMILES string of the molecule is O=C(NCC1CC1)c1cn(CC2=NCCN2)c2cc(Br)ccc12. The van der Waals surface area contributed by atoms with Gasteiger partial charge in [0.15, 0.2) is 0 Å². The predicted molar refractivity (Wildman–Crippen MR) is 95.0 cm³/mol. The number of amidine groups is 1. The third-order valence-electron chi connectivity index (χ3n) is 4.40. The third-order valence-corrected chi connectivity index (χ3v) is 4.89. The molecule has 0 saturated heterocycles. The Bertz CT molecular complexity index is 791. The molecule has 2 aromatic rings. The molecule has 2 N–H and O–H groups in total. The first-order valence-electron chi connectivity index (χ1n) is 8.04. The highest BCUT2D eigenvalue weighted by atomic mass is 79.9. The Morgan fingerprint density at radius 3 is 3.04 bits per heavy atom. The van der Waals surface area contributed by atoms with Crippen LogP contribution in [0.3, 0.4) is 0 Å². The summed E-state index contributed by atoms with van der Waals surface area (Å²) in [6.07, 6.45) is 4.42. The van der Waals surface area contributed by atoms with E-state index < -0.39 is 0 Å². The van der Waals surface area contributed by atoms with E-state index in [1.807, 2.05) is 18.3 Å². The van der Waals surface area contributed by atoms with Crippen molar-refractivity contribution in [3.05, 3.63) is 34.4 Å². The number of aliphatic imine (C=N–C) groups is 1. The van der Waals surface area contributed by atoms with E-state index in [2.05, 4.69) is 42.2 Å². The molecule has 23 heavy (non-hydrogen) atoms. The lowest BCUT2D eigenvalue weighted by atomic mass is 10.1. The number of aromatic nitrogens is 1. The average Bonchev–Trinajstić information content (AvgIpc) is 3.11. The van der Waals surface area contributed by atoms with Crippen molar-refractivity contribution < 1.29 is 4.79 Å². The number of rotatable bonds is 5. The van der Waals surface area contributed by atoms with Crippen molar-refractivity contribution >= 4 is 38.6 Å². The van der Waals surface area contributed by atoms with Gasteiger partial charge in [0.1, 0.15) is 5.84 Å². The Morgan fingerprint density at radius 1 is 1.43 bits per heavy atom. The largest absolute Gasteiger partial charge is 0.370 e. The minimum atomic E-state index is 0.0179. The van der Waals surface area contributed by atoms with Crippen LogP contribution in [0.15, 0.2) is 33.9 Å². The van der Waals surface area contributed by atoms with Gasteiger partial charge in [-0.3, -0.25) is 9.79 Å². The number of fused-ring (bicyclic) bond motifs is 1. The second kappa shape index (κ2) is 6.00. The molecule has 0 unspecified atom stereocenters. The lowest BCUT2D eigenvalue weighted by Crippen LogP contribution is -2.25. The van der Waals surface area contributed by atoms with Gasteiger partial charge >= 0.3 is 0 Å². The van der Waals surface area contributed by atoms with Crippen LogP contribution in [0.25, 0.3) is 10.9 Å². The summed E-state index contributed by atoms with van der Waals surface area (Å²) >= 11 is 3.52. The number of carbonyl (C=O) groups excluding carboxylic acids is 1. The summed E-state index contributed by atoms with van der Waals surface area (Å²) in [7, 11) is 0. The van der Waals surface area contributed by atoms with Gasteiger partial charge in [-0.15, -0.1) is 0 Å². The number of nitrogens with one attached hydrogen (secondary N) is 2. The molecule has 1 saturated carbocycles. The van der Waals surface area contributed by atoms with Gasteiger partial charge in [0.2, 0.25) is 0 Å². The van der Waals surface area contributed by atoms with Crippen LogP contribution in [-0.4, -0.2) is 35.9 Å². The number of hydrogen-bond acceptors (Lipinski definition) is 3. The van der Waals surface area contributed by atoms with Crippen LogP contribution in [0, 0.1) is 5.92 Å². The van der Waals surface area contributed by atoms with Crippen LogP contribution in [-0.2, 0) is 6.54 Å². The van der Waals surface area contributed by atoms with Gasteiger partial charge in [0.05, 0.1) is 24.2 Å². The zero-order chi connectivity index (χ0) is 15.8. The first kappa shape index (κ1) is 14.8. The molecule has 1 amide bonds. The summed E-state index contributed by atoms with van der Waals surface area (Å²) in [5.41, 5.74) is 1.79. The van der Waals surface area contributed by atoms with Crippen molar-refractivity contribution in [2.24, 2.45) is 10.9 Å². The number of amides is 1. The molecule has 2 aliphatic rings.